The average Bonchev–Trinajstić information content (AvgIpc) is 3.07. The number of amides is 1. The van der Waals surface area contributed by atoms with E-state index in [9.17, 15) is 4.79 Å². The number of carbonyl (C=O) groups is 1. The molecule has 0 aliphatic heterocycles. The standard InChI is InChI=1S/C19H25ClN6O/c1-22-10-12-9-15(23-2)7-8-17(12)26-11-16(18(21)27)19(25-26)24-14-5-3-13(20)4-6-14/h3-6,10-12,15,17,23H,7-9H2,1-2H3,(H2,21,27)(H,24,25)/t12-,15-,17+/m1/s1. The van der Waals surface area contributed by atoms with Gasteiger partial charge in [0.15, 0.2) is 5.82 Å². The molecule has 2 aromatic rings. The number of aliphatic imine (C=N–C) groups is 1. The van der Waals surface area contributed by atoms with Gasteiger partial charge in [0.2, 0.25) is 0 Å². The molecular formula is C19H25ClN6O. The third-order valence-electron chi connectivity index (χ3n) is 5.05. The highest BCUT2D eigenvalue weighted by Gasteiger charge is 2.31. The lowest BCUT2D eigenvalue weighted by Gasteiger charge is -2.34. The molecule has 7 nitrogen and oxygen atoms in total. The molecule has 1 aliphatic carbocycles. The first-order valence-electron chi connectivity index (χ1n) is 9.03. The molecule has 144 valence electrons. The van der Waals surface area contributed by atoms with Gasteiger partial charge in [-0.1, -0.05) is 11.6 Å². The van der Waals surface area contributed by atoms with Crippen molar-refractivity contribution in [2.24, 2.45) is 16.6 Å². The number of nitrogens with two attached hydrogens (primary N) is 1. The molecule has 1 aromatic heterocycles. The monoisotopic (exact) mass is 388 g/mol. The first kappa shape index (κ1) is 19.4. The Balaban J connectivity index is 1.89. The minimum Gasteiger partial charge on any atom is -0.365 e. The lowest BCUT2D eigenvalue weighted by molar-refractivity contribution is 0.100. The molecule has 3 atom stereocenters. The van der Waals surface area contributed by atoms with E-state index in [2.05, 4.69) is 20.7 Å². The van der Waals surface area contributed by atoms with Gasteiger partial charge < -0.3 is 21.4 Å². The van der Waals surface area contributed by atoms with Crippen LogP contribution in [0.3, 0.4) is 0 Å². The van der Waals surface area contributed by atoms with Gasteiger partial charge in [-0.25, -0.2) is 0 Å². The third kappa shape index (κ3) is 4.48. The summed E-state index contributed by atoms with van der Waals surface area (Å²) in [5, 5.41) is 11.8. The lowest BCUT2D eigenvalue weighted by Crippen LogP contribution is -2.37. The van der Waals surface area contributed by atoms with Crippen LogP contribution in [0.4, 0.5) is 11.5 Å². The molecule has 1 fully saturated rings. The summed E-state index contributed by atoms with van der Waals surface area (Å²) in [6.07, 6.45) is 6.68. The number of primary amides is 1. The predicted octanol–water partition coefficient (Wildman–Crippen LogP) is 3.01. The number of anilines is 2. The van der Waals surface area contributed by atoms with Crippen molar-refractivity contribution >= 4 is 35.2 Å². The van der Waals surface area contributed by atoms with Gasteiger partial charge in [-0.15, -0.1) is 0 Å². The second kappa shape index (κ2) is 8.54. The fraction of sp³-hybridized carbons (Fsp3) is 0.421. The Morgan fingerprint density at radius 2 is 2.11 bits per heavy atom. The topological polar surface area (TPSA) is 97.3 Å². The highest BCUT2D eigenvalue weighted by molar-refractivity contribution is 6.30. The average molecular weight is 389 g/mol. The number of nitrogens with one attached hydrogen (secondary N) is 2. The molecule has 0 radical (unpaired) electrons. The molecule has 0 unspecified atom stereocenters. The lowest BCUT2D eigenvalue weighted by atomic mass is 9.82. The summed E-state index contributed by atoms with van der Waals surface area (Å²) in [6.45, 7) is 0. The van der Waals surface area contributed by atoms with Crippen LogP contribution in [0.15, 0.2) is 35.5 Å². The van der Waals surface area contributed by atoms with E-state index in [-0.39, 0.29) is 12.0 Å². The van der Waals surface area contributed by atoms with Crippen molar-refractivity contribution in [2.75, 3.05) is 19.4 Å². The number of rotatable bonds is 6. The summed E-state index contributed by atoms with van der Waals surface area (Å²) >= 11 is 5.93. The SMILES string of the molecule is CN=C[C@H]1C[C@H](NC)CC[C@@H]1n1cc(C(N)=O)c(Nc2ccc(Cl)cc2)n1. The number of hydrogen-bond acceptors (Lipinski definition) is 5. The molecule has 1 amide bonds. The van der Waals surface area contributed by atoms with E-state index < -0.39 is 5.91 Å². The summed E-state index contributed by atoms with van der Waals surface area (Å²) in [6, 6.07) is 7.81. The van der Waals surface area contributed by atoms with Crippen molar-refractivity contribution in [1.29, 1.82) is 0 Å². The number of benzene rings is 1. The quantitative estimate of drug-likeness (QED) is 0.662. The highest BCUT2D eigenvalue weighted by Crippen LogP contribution is 2.34. The van der Waals surface area contributed by atoms with Gasteiger partial charge in [-0.05, 0) is 50.6 Å². The molecule has 0 saturated heterocycles. The van der Waals surface area contributed by atoms with Crippen LogP contribution in [0, 0.1) is 5.92 Å². The van der Waals surface area contributed by atoms with Gasteiger partial charge in [0.25, 0.3) is 5.91 Å². The van der Waals surface area contributed by atoms with Gasteiger partial charge in [-0.2, -0.15) is 5.10 Å². The van der Waals surface area contributed by atoms with E-state index in [0.29, 0.717) is 22.4 Å². The summed E-state index contributed by atoms with van der Waals surface area (Å²) in [5.41, 5.74) is 6.74. The number of carbonyl (C=O) groups excluding carboxylic acids is 1. The zero-order valence-electron chi connectivity index (χ0n) is 15.5. The number of aromatic nitrogens is 2. The van der Waals surface area contributed by atoms with Crippen LogP contribution in [0.1, 0.15) is 35.7 Å². The van der Waals surface area contributed by atoms with Crippen LogP contribution < -0.4 is 16.4 Å². The first-order valence-corrected chi connectivity index (χ1v) is 9.40. The second-order valence-corrected chi connectivity index (χ2v) is 7.24. The maximum Gasteiger partial charge on any atom is 0.254 e. The molecule has 1 aliphatic rings. The van der Waals surface area contributed by atoms with Crippen LogP contribution in [0.5, 0.6) is 0 Å². The zero-order chi connectivity index (χ0) is 19.4. The Morgan fingerprint density at radius 1 is 1.37 bits per heavy atom. The Morgan fingerprint density at radius 3 is 2.74 bits per heavy atom. The Labute approximate surface area is 164 Å². The van der Waals surface area contributed by atoms with Crippen molar-refractivity contribution in [2.45, 2.75) is 31.3 Å². The predicted molar refractivity (Wildman–Crippen MR) is 109 cm³/mol. The van der Waals surface area contributed by atoms with E-state index in [0.717, 1.165) is 24.9 Å². The van der Waals surface area contributed by atoms with Gasteiger partial charge in [-0.3, -0.25) is 9.48 Å². The van der Waals surface area contributed by atoms with E-state index >= 15 is 0 Å². The molecule has 1 aromatic carbocycles. The molecule has 8 heteroatoms. The molecule has 3 rings (SSSR count). The molecule has 4 N–H and O–H groups in total. The number of hydrogen-bond donors (Lipinski definition) is 3. The molecule has 27 heavy (non-hydrogen) atoms. The van der Waals surface area contributed by atoms with Gasteiger partial charge >= 0.3 is 0 Å². The largest absolute Gasteiger partial charge is 0.365 e. The van der Waals surface area contributed by atoms with E-state index in [1.165, 1.54) is 0 Å². The molecule has 1 saturated carbocycles. The molecule has 0 spiro atoms. The minimum atomic E-state index is -0.512. The van der Waals surface area contributed by atoms with Crippen LogP contribution in [-0.2, 0) is 0 Å². The highest BCUT2D eigenvalue weighted by atomic mass is 35.5. The molecule has 0 bridgehead atoms. The minimum absolute atomic E-state index is 0.136. The fourth-order valence-corrected chi connectivity index (χ4v) is 3.76. The number of nitrogens with zero attached hydrogens (tertiary/aromatic N) is 3. The molecular weight excluding hydrogens is 364 g/mol. The first-order chi connectivity index (χ1) is 13.0. The van der Waals surface area contributed by atoms with Gasteiger partial charge in [0, 0.05) is 42.1 Å². The van der Waals surface area contributed by atoms with Crippen LogP contribution >= 0.6 is 11.6 Å². The summed E-state index contributed by atoms with van der Waals surface area (Å²) in [4.78, 5) is 16.2. The van der Waals surface area contributed by atoms with E-state index in [1.807, 2.05) is 30.1 Å². The van der Waals surface area contributed by atoms with E-state index in [1.54, 1.807) is 25.4 Å². The normalized spacial score (nSPS) is 22.9. The van der Waals surface area contributed by atoms with Crippen LogP contribution in [0.2, 0.25) is 5.02 Å². The maximum atomic E-state index is 11.9. The molecule has 1 heterocycles. The summed E-state index contributed by atoms with van der Waals surface area (Å²) in [5.74, 6) is 0.181. The van der Waals surface area contributed by atoms with Crippen molar-refractivity contribution in [1.82, 2.24) is 15.1 Å². The van der Waals surface area contributed by atoms with Gasteiger partial charge in [0.1, 0.15) is 5.56 Å². The summed E-state index contributed by atoms with van der Waals surface area (Å²) < 4.78 is 1.86. The Hall–Kier alpha value is -2.38. The fourth-order valence-electron chi connectivity index (χ4n) is 3.64. The van der Waals surface area contributed by atoms with Crippen molar-refractivity contribution in [3.05, 3.63) is 41.0 Å². The third-order valence-corrected chi connectivity index (χ3v) is 5.31. The van der Waals surface area contributed by atoms with E-state index in [4.69, 9.17) is 17.3 Å². The van der Waals surface area contributed by atoms with Gasteiger partial charge in [0.05, 0.1) is 6.04 Å². The summed E-state index contributed by atoms with van der Waals surface area (Å²) in [7, 11) is 3.77. The zero-order valence-corrected chi connectivity index (χ0v) is 16.3. The second-order valence-electron chi connectivity index (χ2n) is 6.80. The van der Waals surface area contributed by atoms with Crippen LogP contribution in [0.25, 0.3) is 0 Å². The van der Waals surface area contributed by atoms with Crippen LogP contribution in [-0.4, -0.2) is 42.0 Å². The Kier molecular flexibility index (Phi) is 6.13. The van der Waals surface area contributed by atoms with Crippen molar-refractivity contribution < 1.29 is 4.79 Å². The van der Waals surface area contributed by atoms with Crippen molar-refractivity contribution in [3.8, 4) is 0 Å². The van der Waals surface area contributed by atoms with Crippen molar-refractivity contribution in [3.63, 3.8) is 0 Å². The maximum absolute atomic E-state index is 11.9. The smallest absolute Gasteiger partial charge is 0.254 e. The number of halogens is 1. The Bertz CT molecular complexity index is 816.